The summed E-state index contributed by atoms with van der Waals surface area (Å²) in [5, 5.41) is 15.1. The van der Waals surface area contributed by atoms with Crippen LogP contribution in [0.5, 0.6) is 0 Å². The van der Waals surface area contributed by atoms with E-state index < -0.39 is 0 Å². The zero-order valence-electron chi connectivity index (χ0n) is 15.7. The van der Waals surface area contributed by atoms with E-state index in [0.29, 0.717) is 6.04 Å². The van der Waals surface area contributed by atoms with Crippen molar-refractivity contribution in [2.24, 2.45) is 0 Å². The third-order valence-corrected chi connectivity index (χ3v) is 7.12. The van der Waals surface area contributed by atoms with Crippen LogP contribution >= 0.6 is 23.4 Å². The number of nitrogens with zero attached hydrogens (tertiary/aromatic N) is 4. The van der Waals surface area contributed by atoms with E-state index in [2.05, 4.69) is 19.9 Å². The Labute approximate surface area is 173 Å². The summed E-state index contributed by atoms with van der Waals surface area (Å²) in [5.41, 5.74) is 3.34. The first kappa shape index (κ1) is 18.3. The van der Waals surface area contributed by atoms with Gasteiger partial charge in [-0.25, -0.2) is 0 Å². The Morgan fingerprint density at radius 2 is 1.89 bits per heavy atom. The molecule has 0 amide bonds. The minimum atomic E-state index is 0.440. The minimum Gasteiger partial charge on any atom is -0.361 e. The van der Waals surface area contributed by atoms with E-state index in [4.69, 9.17) is 16.1 Å². The number of fused-ring (bicyclic) bond motifs is 1. The Hall–Kier alpha value is -1.79. The second-order valence-electron chi connectivity index (χ2n) is 7.62. The largest absolute Gasteiger partial charge is 0.361 e. The Bertz CT molecular complexity index is 977. The SMILES string of the molecule is Clc1ccccc1-c1nnc(SCc2noc3c2CCCC3)n1C1CCCC1. The molecule has 2 heterocycles. The third kappa shape index (κ3) is 3.37. The van der Waals surface area contributed by atoms with Crippen LogP contribution in [0.25, 0.3) is 11.4 Å². The van der Waals surface area contributed by atoms with Crippen LogP contribution in [0.15, 0.2) is 33.9 Å². The predicted molar refractivity (Wildman–Crippen MR) is 111 cm³/mol. The molecule has 2 aromatic heterocycles. The standard InChI is InChI=1S/C21H23ClN4OS/c22-17-11-5-3-9-15(17)20-23-24-21(26(20)14-7-1-2-8-14)28-13-18-16-10-4-6-12-19(16)27-25-18/h3,5,9,11,14H,1-2,4,6-8,10,12-13H2. The number of halogens is 1. The second kappa shape index (κ2) is 7.91. The van der Waals surface area contributed by atoms with Gasteiger partial charge in [-0.05, 0) is 44.2 Å². The van der Waals surface area contributed by atoms with E-state index in [9.17, 15) is 0 Å². The molecule has 2 aliphatic rings. The van der Waals surface area contributed by atoms with Gasteiger partial charge in [0.15, 0.2) is 11.0 Å². The highest BCUT2D eigenvalue weighted by Crippen LogP contribution is 2.39. The topological polar surface area (TPSA) is 56.7 Å². The third-order valence-electron chi connectivity index (χ3n) is 5.84. The van der Waals surface area contributed by atoms with Crippen LogP contribution in [-0.2, 0) is 18.6 Å². The van der Waals surface area contributed by atoms with Gasteiger partial charge in [-0.3, -0.25) is 4.57 Å². The zero-order chi connectivity index (χ0) is 18.9. The van der Waals surface area contributed by atoms with Crippen LogP contribution < -0.4 is 0 Å². The monoisotopic (exact) mass is 414 g/mol. The molecule has 0 spiro atoms. The summed E-state index contributed by atoms with van der Waals surface area (Å²) in [4.78, 5) is 0. The quantitative estimate of drug-likeness (QED) is 0.488. The molecule has 0 saturated heterocycles. The Morgan fingerprint density at radius 1 is 1.07 bits per heavy atom. The van der Waals surface area contributed by atoms with E-state index in [-0.39, 0.29) is 0 Å². The van der Waals surface area contributed by atoms with E-state index >= 15 is 0 Å². The summed E-state index contributed by atoms with van der Waals surface area (Å²) < 4.78 is 7.88. The summed E-state index contributed by atoms with van der Waals surface area (Å²) in [6.45, 7) is 0. The number of benzene rings is 1. The lowest BCUT2D eigenvalue weighted by Gasteiger charge is -2.17. The lowest BCUT2D eigenvalue weighted by atomic mass is 9.97. The molecule has 7 heteroatoms. The van der Waals surface area contributed by atoms with Crippen molar-refractivity contribution in [3.8, 4) is 11.4 Å². The van der Waals surface area contributed by atoms with Crippen molar-refractivity contribution in [1.82, 2.24) is 19.9 Å². The maximum Gasteiger partial charge on any atom is 0.192 e. The predicted octanol–water partition coefficient (Wildman–Crippen LogP) is 5.87. The maximum absolute atomic E-state index is 6.47. The molecular weight excluding hydrogens is 392 g/mol. The smallest absolute Gasteiger partial charge is 0.192 e. The zero-order valence-corrected chi connectivity index (χ0v) is 17.3. The van der Waals surface area contributed by atoms with Crippen molar-refractivity contribution < 1.29 is 4.52 Å². The van der Waals surface area contributed by atoms with Crippen molar-refractivity contribution in [1.29, 1.82) is 0 Å². The maximum atomic E-state index is 6.47. The second-order valence-corrected chi connectivity index (χ2v) is 8.97. The fourth-order valence-electron chi connectivity index (χ4n) is 4.39. The van der Waals surface area contributed by atoms with Gasteiger partial charge in [0.25, 0.3) is 0 Å². The number of rotatable bonds is 5. The molecule has 2 aliphatic carbocycles. The van der Waals surface area contributed by atoms with Gasteiger partial charge < -0.3 is 4.52 Å². The number of aromatic nitrogens is 4. The molecule has 1 aromatic carbocycles. The number of hydrogen-bond acceptors (Lipinski definition) is 5. The highest BCUT2D eigenvalue weighted by Gasteiger charge is 2.26. The minimum absolute atomic E-state index is 0.440. The molecule has 28 heavy (non-hydrogen) atoms. The lowest BCUT2D eigenvalue weighted by molar-refractivity contribution is 0.369. The van der Waals surface area contributed by atoms with Gasteiger partial charge in [0.2, 0.25) is 0 Å². The summed E-state index contributed by atoms with van der Waals surface area (Å²) in [7, 11) is 0. The molecular formula is C21H23ClN4OS. The molecule has 5 nitrogen and oxygen atoms in total. The van der Waals surface area contributed by atoms with Gasteiger partial charge in [-0.15, -0.1) is 10.2 Å². The molecule has 3 aromatic rings. The van der Waals surface area contributed by atoms with Gasteiger partial charge in [0, 0.05) is 29.3 Å². The van der Waals surface area contributed by atoms with E-state index in [0.717, 1.165) is 51.6 Å². The van der Waals surface area contributed by atoms with Crippen molar-refractivity contribution in [2.45, 2.75) is 68.3 Å². The lowest BCUT2D eigenvalue weighted by Crippen LogP contribution is -2.09. The van der Waals surface area contributed by atoms with Crippen molar-refractivity contribution in [2.75, 3.05) is 0 Å². The average Bonchev–Trinajstić information content (AvgIpc) is 3.46. The molecule has 0 N–H and O–H groups in total. The average molecular weight is 415 g/mol. The normalized spacial score (nSPS) is 17.2. The Balaban J connectivity index is 1.46. The Kier molecular flexibility index (Phi) is 5.16. The summed E-state index contributed by atoms with van der Waals surface area (Å²) in [5.74, 6) is 2.73. The molecule has 1 saturated carbocycles. The molecule has 0 atom stereocenters. The van der Waals surface area contributed by atoms with Crippen molar-refractivity contribution in [3.05, 3.63) is 46.3 Å². The van der Waals surface area contributed by atoms with Gasteiger partial charge in [-0.1, -0.05) is 53.5 Å². The summed E-state index contributed by atoms with van der Waals surface area (Å²) in [6, 6.07) is 8.34. The fourth-order valence-corrected chi connectivity index (χ4v) is 5.57. The first-order chi connectivity index (χ1) is 13.8. The summed E-state index contributed by atoms with van der Waals surface area (Å²) in [6.07, 6.45) is 9.37. The molecule has 1 fully saturated rings. The van der Waals surface area contributed by atoms with Crippen LogP contribution in [0.1, 0.15) is 61.6 Å². The number of thioether (sulfide) groups is 1. The van der Waals surface area contributed by atoms with Crippen molar-refractivity contribution >= 4 is 23.4 Å². The molecule has 0 radical (unpaired) electrons. The van der Waals surface area contributed by atoms with Crippen LogP contribution in [0.4, 0.5) is 0 Å². The van der Waals surface area contributed by atoms with Crippen LogP contribution in [-0.4, -0.2) is 19.9 Å². The summed E-state index contributed by atoms with van der Waals surface area (Å²) >= 11 is 8.18. The molecule has 5 rings (SSSR count). The van der Waals surface area contributed by atoms with E-state index in [1.165, 1.54) is 44.1 Å². The van der Waals surface area contributed by atoms with Crippen LogP contribution in [0, 0.1) is 0 Å². The van der Waals surface area contributed by atoms with Gasteiger partial charge in [0.05, 0.1) is 10.7 Å². The first-order valence-corrected chi connectivity index (χ1v) is 11.5. The molecule has 0 bridgehead atoms. The van der Waals surface area contributed by atoms with Gasteiger partial charge in [-0.2, -0.15) is 0 Å². The molecule has 146 valence electrons. The van der Waals surface area contributed by atoms with Gasteiger partial charge in [0.1, 0.15) is 5.76 Å². The van der Waals surface area contributed by atoms with E-state index in [1.807, 2.05) is 24.3 Å². The molecule has 0 unspecified atom stereocenters. The van der Waals surface area contributed by atoms with Crippen LogP contribution in [0.3, 0.4) is 0 Å². The highest BCUT2D eigenvalue weighted by atomic mass is 35.5. The number of hydrogen-bond donors (Lipinski definition) is 0. The molecule has 0 aliphatic heterocycles. The van der Waals surface area contributed by atoms with Crippen molar-refractivity contribution in [3.63, 3.8) is 0 Å². The first-order valence-electron chi connectivity index (χ1n) is 10.1. The highest BCUT2D eigenvalue weighted by molar-refractivity contribution is 7.98. The van der Waals surface area contributed by atoms with Crippen LogP contribution in [0.2, 0.25) is 5.02 Å². The van der Waals surface area contributed by atoms with Gasteiger partial charge >= 0.3 is 0 Å². The Morgan fingerprint density at radius 3 is 2.75 bits per heavy atom. The van der Waals surface area contributed by atoms with E-state index in [1.54, 1.807) is 11.8 Å². The fraction of sp³-hybridized carbons (Fsp3) is 0.476. The number of aryl methyl sites for hydroxylation is 1.